The molecule has 1 aromatic carbocycles. The second kappa shape index (κ2) is 7.47. The molecular formula is C18H21F2NO4. The highest BCUT2D eigenvalue weighted by Gasteiger charge is 2.40. The van der Waals surface area contributed by atoms with Gasteiger partial charge in [0.05, 0.1) is 18.4 Å². The van der Waals surface area contributed by atoms with Crippen molar-refractivity contribution in [2.45, 2.75) is 31.8 Å². The lowest BCUT2D eigenvalue weighted by Crippen LogP contribution is -2.43. The maximum Gasteiger partial charge on any atom is 0.309 e. The molecule has 3 rings (SSSR count). The lowest BCUT2D eigenvalue weighted by atomic mass is 9.84. The first-order chi connectivity index (χ1) is 12.0. The van der Waals surface area contributed by atoms with Gasteiger partial charge in [-0.2, -0.15) is 0 Å². The van der Waals surface area contributed by atoms with E-state index >= 15 is 0 Å². The van der Waals surface area contributed by atoms with E-state index in [1.54, 1.807) is 4.90 Å². The summed E-state index contributed by atoms with van der Waals surface area (Å²) >= 11 is 0. The standard InChI is InChI=1S/C18H21F2NO4/c19-14-2-1-3-15(20)13(14)10-16(22)21-7-4-11(5-8-21)17-12(18(23)24)6-9-25-17/h1-3,11-12,17H,4-10H2,(H,23,24)/t12?,17-/m0/s1. The van der Waals surface area contributed by atoms with Gasteiger partial charge in [0.2, 0.25) is 5.91 Å². The first kappa shape index (κ1) is 17.8. The van der Waals surface area contributed by atoms with Crippen LogP contribution in [0.5, 0.6) is 0 Å². The molecule has 7 heteroatoms. The molecule has 2 heterocycles. The van der Waals surface area contributed by atoms with Crippen molar-refractivity contribution < 1.29 is 28.2 Å². The summed E-state index contributed by atoms with van der Waals surface area (Å²) in [5, 5.41) is 9.26. The molecule has 0 aliphatic carbocycles. The van der Waals surface area contributed by atoms with Gasteiger partial charge >= 0.3 is 5.97 Å². The van der Waals surface area contributed by atoms with E-state index in [2.05, 4.69) is 0 Å². The Morgan fingerprint density at radius 1 is 1.16 bits per heavy atom. The van der Waals surface area contributed by atoms with Crippen LogP contribution in [0.1, 0.15) is 24.8 Å². The van der Waals surface area contributed by atoms with Crippen molar-refractivity contribution in [2.24, 2.45) is 11.8 Å². The number of carboxylic acid groups (broad SMARTS) is 1. The highest BCUT2D eigenvalue weighted by Crippen LogP contribution is 2.33. The summed E-state index contributed by atoms with van der Waals surface area (Å²) in [7, 11) is 0. The Morgan fingerprint density at radius 3 is 2.40 bits per heavy atom. The predicted octanol–water partition coefficient (Wildman–Crippen LogP) is 2.24. The van der Waals surface area contributed by atoms with Crippen LogP contribution < -0.4 is 0 Å². The van der Waals surface area contributed by atoms with Gasteiger partial charge in [-0.1, -0.05) is 6.07 Å². The van der Waals surface area contributed by atoms with Crippen LogP contribution in [-0.4, -0.2) is 47.7 Å². The van der Waals surface area contributed by atoms with Crippen LogP contribution >= 0.6 is 0 Å². The number of amides is 1. The molecule has 0 saturated carbocycles. The Bertz CT molecular complexity index is 638. The van der Waals surface area contributed by atoms with Crippen molar-refractivity contribution in [1.82, 2.24) is 4.90 Å². The van der Waals surface area contributed by atoms with E-state index in [-0.39, 0.29) is 29.9 Å². The van der Waals surface area contributed by atoms with E-state index < -0.39 is 23.5 Å². The quantitative estimate of drug-likeness (QED) is 0.901. The van der Waals surface area contributed by atoms with Gasteiger partial charge < -0.3 is 14.7 Å². The Labute approximate surface area is 144 Å². The summed E-state index contributed by atoms with van der Waals surface area (Å²) in [6, 6.07) is 3.55. The third kappa shape index (κ3) is 3.81. The zero-order chi connectivity index (χ0) is 18.0. The molecule has 2 aliphatic heterocycles. The molecule has 1 aromatic rings. The number of hydrogen-bond acceptors (Lipinski definition) is 3. The topological polar surface area (TPSA) is 66.8 Å². The fraction of sp³-hybridized carbons (Fsp3) is 0.556. The normalized spacial score (nSPS) is 24.5. The van der Waals surface area contributed by atoms with Crippen LogP contribution in [0.25, 0.3) is 0 Å². The smallest absolute Gasteiger partial charge is 0.309 e. The third-order valence-corrected chi connectivity index (χ3v) is 5.20. The van der Waals surface area contributed by atoms with Crippen LogP contribution in [0.3, 0.4) is 0 Å². The third-order valence-electron chi connectivity index (χ3n) is 5.20. The lowest BCUT2D eigenvalue weighted by molar-refractivity contribution is -0.145. The monoisotopic (exact) mass is 353 g/mol. The number of carboxylic acids is 1. The Balaban J connectivity index is 1.57. The second-order valence-electron chi connectivity index (χ2n) is 6.66. The average molecular weight is 353 g/mol. The molecule has 136 valence electrons. The maximum absolute atomic E-state index is 13.7. The molecule has 1 unspecified atom stereocenters. The minimum absolute atomic E-state index is 0.0952. The minimum atomic E-state index is -0.837. The van der Waals surface area contributed by atoms with Crippen molar-refractivity contribution in [3.8, 4) is 0 Å². The molecule has 2 saturated heterocycles. The van der Waals surface area contributed by atoms with E-state index in [9.17, 15) is 23.5 Å². The average Bonchev–Trinajstić information content (AvgIpc) is 3.08. The van der Waals surface area contributed by atoms with Crippen LogP contribution in [-0.2, 0) is 20.7 Å². The first-order valence-electron chi connectivity index (χ1n) is 8.52. The molecular weight excluding hydrogens is 332 g/mol. The molecule has 1 amide bonds. The van der Waals surface area contributed by atoms with E-state index in [1.165, 1.54) is 6.07 Å². The molecule has 2 aliphatic rings. The van der Waals surface area contributed by atoms with Crippen molar-refractivity contribution in [1.29, 1.82) is 0 Å². The number of likely N-dealkylation sites (tertiary alicyclic amines) is 1. The van der Waals surface area contributed by atoms with Crippen molar-refractivity contribution in [2.75, 3.05) is 19.7 Å². The van der Waals surface area contributed by atoms with Crippen LogP contribution in [0.2, 0.25) is 0 Å². The summed E-state index contributed by atoms with van der Waals surface area (Å²) < 4.78 is 33.0. The summed E-state index contributed by atoms with van der Waals surface area (Å²) in [6.07, 6.45) is 1.19. The molecule has 0 aromatic heterocycles. The molecule has 0 radical (unpaired) electrons. The SMILES string of the molecule is O=C(O)C1CCO[C@H]1C1CCN(C(=O)Cc2c(F)cccc2F)CC1. The van der Waals surface area contributed by atoms with Crippen molar-refractivity contribution >= 4 is 11.9 Å². The van der Waals surface area contributed by atoms with Crippen LogP contribution in [0.4, 0.5) is 8.78 Å². The Morgan fingerprint density at radius 2 is 1.80 bits per heavy atom. The number of nitrogens with zero attached hydrogens (tertiary/aromatic N) is 1. The van der Waals surface area contributed by atoms with Crippen LogP contribution in [0, 0.1) is 23.5 Å². The Kier molecular flexibility index (Phi) is 5.32. The molecule has 1 N–H and O–H groups in total. The lowest BCUT2D eigenvalue weighted by Gasteiger charge is -2.35. The number of carbonyl (C=O) groups is 2. The van der Waals surface area contributed by atoms with E-state index in [1.807, 2.05) is 0 Å². The van der Waals surface area contributed by atoms with Gasteiger partial charge in [0.1, 0.15) is 11.6 Å². The summed E-state index contributed by atoms with van der Waals surface area (Å²) in [4.78, 5) is 25.2. The van der Waals surface area contributed by atoms with E-state index in [0.717, 1.165) is 12.1 Å². The summed E-state index contributed by atoms with van der Waals surface area (Å²) in [5.41, 5.74) is -0.209. The number of carbonyl (C=O) groups excluding carboxylic acids is 1. The zero-order valence-electron chi connectivity index (χ0n) is 13.8. The fourth-order valence-electron chi connectivity index (χ4n) is 3.78. The van der Waals surface area contributed by atoms with Gasteiger partial charge in [-0.25, -0.2) is 8.78 Å². The molecule has 2 atom stereocenters. The van der Waals surface area contributed by atoms with Crippen molar-refractivity contribution in [3.05, 3.63) is 35.4 Å². The van der Waals surface area contributed by atoms with Crippen LogP contribution in [0.15, 0.2) is 18.2 Å². The number of piperidine rings is 1. The van der Waals surface area contributed by atoms with Gasteiger partial charge in [0.15, 0.2) is 0 Å². The zero-order valence-corrected chi connectivity index (χ0v) is 13.8. The summed E-state index contributed by atoms with van der Waals surface area (Å²) in [5.74, 6) is -2.97. The fourth-order valence-corrected chi connectivity index (χ4v) is 3.78. The number of halogens is 2. The molecule has 25 heavy (non-hydrogen) atoms. The van der Waals surface area contributed by atoms with Crippen molar-refractivity contribution in [3.63, 3.8) is 0 Å². The molecule has 2 fully saturated rings. The number of hydrogen-bond donors (Lipinski definition) is 1. The number of rotatable bonds is 4. The molecule has 0 bridgehead atoms. The predicted molar refractivity (Wildman–Crippen MR) is 84.8 cm³/mol. The van der Waals surface area contributed by atoms with E-state index in [0.29, 0.717) is 39.0 Å². The summed E-state index contributed by atoms with van der Waals surface area (Å²) in [6.45, 7) is 1.35. The Hall–Kier alpha value is -2.02. The minimum Gasteiger partial charge on any atom is -0.481 e. The molecule has 5 nitrogen and oxygen atoms in total. The maximum atomic E-state index is 13.7. The van der Waals surface area contributed by atoms with Gasteiger partial charge in [-0.15, -0.1) is 0 Å². The largest absolute Gasteiger partial charge is 0.481 e. The molecule has 0 spiro atoms. The highest BCUT2D eigenvalue weighted by atomic mass is 19.1. The van der Waals surface area contributed by atoms with Gasteiger partial charge in [-0.3, -0.25) is 9.59 Å². The highest BCUT2D eigenvalue weighted by molar-refractivity contribution is 5.79. The van der Waals surface area contributed by atoms with Gasteiger partial charge in [0, 0.05) is 25.3 Å². The first-order valence-corrected chi connectivity index (χ1v) is 8.52. The number of benzene rings is 1. The van der Waals surface area contributed by atoms with Gasteiger partial charge in [0.25, 0.3) is 0 Å². The van der Waals surface area contributed by atoms with Gasteiger partial charge in [-0.05, 0) is 37.3 Å². The van der Waals surface area contributed by atoms with E-state index in [4.69, 9.17) is 4.74 Å². The number of ether oxygens (including phenoxy) is 1. The second-order valence-corrected chi connectivity index (χ2v) is 6.66. The number of aliphatic carboxylic acids is 1.